The van der Waals surface area contributed by atoms with Gasteiger partial charge < -0.3 is 15.2 Å². The fraction of sp³-hybridized carbons (Fsp3) is 0.500. The first kappa shape index (κ1) is 10.5. The molecule has 3 heteroatoms. The maximum atomic E-state index is 6.13. The van der Waals surface area contributed by atoms with Crippen LogP contribution in [0.5, 0.6) is 5.75 Å². The Bertz CT molecular complexity index is 327. The molecule has 3 nitrogen and oxygen atoms in total. The highest BCUT2D eigenvalue weighted by Gasteiger charge is 2.28. The third-order valence-electron chi connectivity index (χ3n) is 2.62. The van der Waals surface area contributed by atoms with Gasteiger partial charge in [0, 0.05) is 12.2 Å². The standard InChI is InChI=1S/C12H17NO2/c1-2-7-14-11-8-15-10-6-4-3-5-9(10)12(11)13/h3-6,11-12H,2,7-8,13H2,1H3. The lowest BCUT2D eigenvalue weighted by atomic mass is 9.99. The Morgan fingerprint density at radius 3 is 3.07 bits per heavy atom. The van der Waals surface area contributed by atoms with E-state index in [1.807, 2.05) is 24.3 Å². The minimum Gasteiger partial charge on any atom is -0.490 e. The lowest BCUT2D eigenvalue weighted by molar-refractivity contribution is -0.00639. The smallest absolute Gasteiger partial charge is 0.124 e. The fourth-order valence-corrected chi connectivity index (χ4v) is 1.78. The summed E-state index contributed by atoms with van der Waals surface area (Å²) in [4.78, 5) is 0. The Hall–Kier alpha value is -1.06. The SMILES string of the molecule is CCCOC1COc2ccccc2C1N. The number of hydrogen-bond acceptors (Lipinski definition) is 3. The topological polar surface area (TPSA) is 44.5 Å². The highest BCUT2D eigenvalue weighted by atomic mass is 16.5. The van der Waals surface area contributed by atoms with E-state index in [2.05, 4.69) is 6.92 Å². The van der Waals surface area contributed by atoms with Crippen LogP contribution in [0.25, 0.3) is 0 Å². The van der Waals surface area contributed by atoms with Gasteiger partial charge in [0.05, 0.1) is 6.04 Å². The van der Waals surface area contributed by atoms with Gasteiger partial charge in [-0.2, -0.15) is 0 Å². The zero-order chi connectivity index (χ0) is 10.7. The van der Waals surface area contributed by atoms with Crippen molar-refractivity contribution in [2.45, 2.75) is 25.5 Å². The predicted octanol–water partition coefficient (Wildman–Crippen LogP) is 1.87. The second kappa shape index (κ2) is 4.64. The third-order valence-corrected chi connectivity index (χ3v) is 2.62. The number of para-hydroxylation sites is 1. The number of ether oxygens (including phenoxy) is 2. The Kier molecular flexibility index (Phi) is 3.23. The maximum Gasteiger partial charge on any atom is 0.124 e. The van der Waals surface area contributed by atoms with Crippen molar-refractivity contribution in [3.8, 4) is 5.75 Å². The van der Waals surface area contributed by atoms with Crippen LogP contribution in [-0.4, -0.2) is 19.3 Å². The minimum atomic E-state index is -0.0681. The van der Waals surface area contributed by atoms with Crippen molar-refractivity contribution in [3.05, 3.63) is 29.8 Å². The van der Waals surface area contributed by atoms with Gasteiger partial charge in [-0.1, -0.05) is 25.1 Å². The number of rotatable bonds is 3. The normalized spacial score (nSPS) is 24.4. The van der Waals surface area contributed by atoms with Gasteiger partial charge in [0.1, 0.15) is 18.5 Å². The summed E-state index contributed by atoms with van der Waals surface area (Å²) in [6, 6.07) is 7.82. The van der Waals surface area contributed by atoms with Gasteiger partial charge in [0.15, 0.2) is 0 Å². The second-order valence-corrected chi connectivity index (χ2v) is 3.78. The van der Waals surface area contributed by atoms with Crippen LogP contribution in [0, 0.1) is 0 Å². The zero-order valence-corrected chi connectivity index (χ0v) is 8.98. The summed E-state index contributed by atoms with van der Waals surface area (Å²) in [5, 5.41) is 0. The Morgan fingerprint density at radius 2 is 2.27 bits per heavy atom. The molecule has 1 aliphatic rings. The molecule has 2 N–H and O–H groups in total. The molecule has 0 aromatic heterocycles. The molecule has 0 aliphatic carbocycles. The van der Waals surface area contributed by atoms with Gasteiger partial charge in [-0.3, -0.25) is 0 Å². The van der Waals surface area contributed by atoms with Crippen LogP contribution in [0.15, 0.2) is 24.3 Å². The van der Waals surface area contributed by atoms with Crippen molar-refractivity contribution in [1.29, 1.82) is 0 Å². The molecule has 1 aromatic carbocycles. The third kappa shape index (κ3) is 2.13. The van der Waals surface area contributed by atoms with Crippen molar-refractivity contribution < 1.29 is 9.47 Å². The summed E-state index contributed by atoms with van der Waals surface area (Å²) >= 11 is 0. The van der Waals surface area contributed by atoms with E-state index in [1.54, 1.807) is 0 Å². The van der Waals surface area contributed by atoms with Crippen LogP contribution in [0.4, 0.5) is 0 Å². The Morgan fingerprint density at radius 1 is 1.47 bits per heavy atom. The summed E-state index contributed by atoms with van der Waals surface area (Å²) in [6.07, 6.45) is 0.991. The van der Waals surface area contributed by atoms with Gasteiger partial charge in [-0.15, -0.1) is 0 Å². The predicted molar refractivity (Wildman–Crippen MR) is 58.9 cm³/mol. The molecule has 1 heterocycles. The molecule has 2 unspecified atom stereocenters. The first-order chi connectivity index (χ1) is 7.33. The second-order valence-electron chi connectivity index (χ2n) is 3.78. The van der Waals surface area contributed by atoms with Gasteiger partial charge in [0.2, 0.25) is 0 Å². The summed E-state index contributed by atoms with van der Waals surface area (Å²) in [5.74, 6) is 0.890. The van der Waals surface area contributed by atoms with E-state index >= 15 is 0 Å². The molecule has 1 aromatic rings. The van der Waals surface area contributed by atoms with Crippen LogP contribution < -0.4 is 10.5 Å². The first-order valence-electron chi connectivity index (χ1n) is 5.42. The van der Waals surface area contributed by atoms with E-state index in [0.717, 1.165) is 24.3 Å². The molecule has 0 spiro atoms. The van der Waals surface area contributed by atoms with Gasteiger partial charge in [-0.25, -0.2) is 0 Å². The lowest BCUT2D eigenvalue weighted by Gasteiger charge is -2.30. The summed E-state index contributed by atoms with van der Waals surface area (Å²) in [6.45, 7) is 3.38. The van der Waals surface area contributed by atoms with Crippen LogP contribution in [0.2, 0.25) is 0 Å². The minimum absolute atomic E-state index is 0.0140. The van der Waals surface area contributed by atoms with Crippen molar-refractivity contribution in [2.24, 2.45) is 5.73 Å². The van der Waals surface area contributed by atoms with Crippen LogP contribution >= 0.6 is 0 Å². The first-order valence-corrected chi connectivity index (χ1v) is 5.42. The van der Waals surface area contributed by atoms with Crippen LogP contribution in [-0.2, 0) is 4.74 Å². The van der Waals surface area contributed by atoms with Crippen molar-refractivity contribution in [3.63, 3.8) is 0 Å². The highest BCUT2D eigenvalue weighted by Crippen LogP contribution is 2.31. The Balaban J connectivity index is 2.11. The van der Waals surface area contributed by atoms with E-state index < -0.39 is 0 Å². The van der Waals surface area contributed by atoms with Gasteiger partial charge in [-0.05, 0) is 12.5 Å². The monoisotopic (exact) mass is 207 g/mol. The molecule has 0 saturated carbocycles. The van der Waals surface area contributed by atoms with E-state index in [9.17, 15) is 0 Å². The lowest BCUT2D eigenvalue weighted by Crippen LogP contribution is -2.38. The molecule has 2 atom stereocenters. The maximum absolute atomic E-state index is 6.13. The molecule has 2 rings (SSSR count). The quantitative estimate of drug-likeness (QED) is 0.823. The van der Waals surface area contributed by atoms with E-state index in [-0.39, 0.29) is 12.1 Å². The molecule has 1 aliphatic heterocycles. The van der Waals surface area contributed by atoms with Crippen LogP contribution in [0.3, 0.4) is 0 Å². The van der Waals surface area contributed by atoms with Gasteiger partial charge >= 0.3 is 0 Å². The number of hydrogen-bond donors (Lipinski definition) is 1. The summed E-state index contributed by atoms with van der Waals surface area (Å²) < 4.78 is 11.2. The molecule has 0 fully saturated rings. The zero-order valence-electron chi connectivity index (χ0n) is 8.98. The van der Waals surface area contributed by atoms with Gasteiger partial charge in [0.25, 0.3) is 0 Å². The molecule has 0 bridgehead atoms. The average Bonchev–Trinajstić information content (AvgIpc) is 2.29. The van der Waals surface area contributed by atoms with E-state index in [0.29, 0.717) is 6.61 Å². The number of nitrogens with two attached hydrogens (primary N) is 1. The summed E-state index contributed by atoms with van der Waals surface area (Å²) in [5.41, 5.74) is 7.17. The van der Waals surface area contributed by atoms with E-state index in [4.69, 9.17) is 15.2 Å². The highest BCUT2D eigenvalue weighted by molar-refractivity contribution is 5.38. The largest absolute Gasteiger partial charge is 0.490 e. The van der Waals surface area contributed by atoms with E-state index in [1.165, 1.54) is 0 Å². The number of benzene rings is 1. The summed E-state index contributed by atoms with van der Waals surface area (Å²) in [7, 11) is 0. The van der Waals surface area contributed by atoms with Crippen LogP contribution in [0.1, 0.15) is 24.9 Å². The fourth-order valence-electron chi connectivity index (χ4n) is 1.78. The number of fused-ring (bicyclic) bond motifs is 1. The van der Waals surface area contributed by atoms with Crippen molar-refractivity contribution >= 4 is 0 Å². The molecule has 0 amide bonds. The molecule has 0 saturated heterocycles. The Labute approximate surface area is 90.2 Å². The average molecular weight is 207 g/mol. The molecular weight excluding hydrogens is 190 g/mol. The van der Waals surface area contributed by atoms with Crippen molar-refractivity contribution in [2.75, 3.05) is 13.2 Å². The molecule has 15 heavy (non-hydrogen) atoms. The molecule has 82 valence electrons. The molecule has 0 radical (unpaired) electrons. The van der Waals surface area contributed by atoms with Crippen molar-refractivity contribution in [1.82, 2.24) is 0 Å². The molecular formula is C12H17NO2.